The number of pyridine rings is 1. The summed E-state index contributed by atoms with van der Waals surface area (Å²) in [4.78, 5) is 14.3. The van der Waals surface area contributed by atoms with Gasteiger partial charge >= 0.3 is 0 Å². The molecular formula is C13H8Br2N2O2. The lowest BCUT2D eigenvalue weighted by molar-refractivity contribution is 0.472. The van der Waals surface area contributed by atoms with Gasteiger partial charge < -0.3 is 10.1 Å². The van der Waals surface area contributed by atoms with Crippen molar-refractivity contribution in [1.29, 1.82) is 5.26 Å². The number of phenols is 1. The van der Waals surface area contributed by atoms with Crippen LogP contribution in [0.1, 0.15) is 11.3 Å². The van der Waals surface area contributed by atoms with Crippen molar-refractivity contribution in [3.05, 3.63) is 48.8 Å². The van der Waals surface area contributed by atoms with Crippen molar-refractivity contribution in [3.63, 3.8) is 0 Å². The fourth-order valence-electron chi connectivity index (χ4n) is 1.76. The molecule has 0 amide bonds. The largest absolute Gasteiger partial charge is 0.507 e. The predicted octanol–water partition coefficient (Wildman–Crippen LogP) is 3.45. The number of benzene rings is 1. The molecule has 1 aromatic carbocycles. The number of nitrogens with one attached hydrogen (secondary N) is 1. The highest BCUT2D eigenvalue weighted by molar-refractivity contribution is 9.11. The number of aryl methyl sites for hydroxylation is 1. The molecule has 0 fully saturated rings. The Bertz CT molecular complexity index is 760. The van der Waals surface area contributed by atoms with Gasteiger partial charge in [0.1, 0.15) is 17.4 Å². The molecule has 2 N–H and O–H groups in total. The van der Waals surface area contributed by atoms with Gasteiger partial charge in [-0.1, -0.05) is 15.9 Å². The Labute approximate surface area is 126 Å². The Morgan fingerprint density at radius 3 is 2.53 bits per heavy atom. The second-order valence-electron chi connectivity index (χ2n) is 3.97. The van der Waals surface area contributed by atoms with Crippen molar-refractivity contribution < 1.29 is 5.11 Å². The third kappa shape index (κ3) is 2.57. The van der Waals surface area contributed by atoms with Gasteiger partial charge in [-0.05, 0) is 41.1 Å². The van der Waals surface area contributed by atoms with E-state index in [2.05, 4.69) is 36.8 Å². The molecule has 2 aromatic rings. The molecule has 0 aliphatic rings. The van der Waals surface area contributed by atoms with E-state index in [9.17, 15) is 9.90 Å². The number of nitriles is 1. The minimum absolute atomic E-state index is 0.0213. The fourth-order valence-corrected chi connectivity index (χ4v) is 2.96. The highest BCUT2D eigenvalue weighted by Crippen LogP contribution is 2.37. The lowest BCUT2D eigenvalue weighted by Crippen LogP contribution is -2.12. The molecule has 0 aliphatic carbocycles. The molecule has 2 rings (SSSR count). The third-order valence-electron chi connectivity index (χ3n) is 2.61. The highest BCUT2D eigenvalue weighted by atomic mass is 79.9. The van der Waals surface area contributed by atoms with E-state index in [-0.39, 0.29) is 11.3 Å². The normalized spacial score (nSPS) is 10.2. The van der Waals surface area contributed by atoms with Crippen molar-refractivity contribution in [3.8, 4) is 22.9 Å². The number of nitrogens with zero attached hydrogens (tertiary/aromatic N) is 1. The van der Waals surface area contributed by atoms with Crippen LogP contribution >= 0.6 is 31.9 Å². The summed E-state index contributed by atoms with van der Waals surface area (Å²) < 4.78 is 1.21. The van der Waals surface area contributed by atoms with E-state index >= 15 is 0 Å². The molecular weight excluding hydrogens is 376 g/mol. The third-order valence-corrected chi connectivity index (χ3v) is 3.90. The molecule has 4 nitrogen and oxygen atoms in total. The number of aromatic amines is 1. The zero-order valence-electron chi connectivity index (χ0n) is 9.79. The van der Waals surface area contributed by atoms with Crippen LogP contribution in [0.15, 0.2) is 31.9 Å². The Balaban J connectivity index is 2.83. The van der Waals surface area contributed by atoms with Crippen molar-refractivity contribution in [2.45, 2.75) is 6.92 Å². The summed E-state index contributed by atoms with van der Waals surface area (Å²) in [5.74, 6) is 0.0417. The molecule has 0 radical (unpaired) electrons. The maximum Gasteiger partial charge on any atom is 0.266 e. The monoisotopic (exact) mass is 382 g/mol. The lowest BCUT2D eigenvalue weighted by atomic mass is 10.0. The second-order valence-corrected chi connectivity index (χ2v) is 5.67. The average molecular weight is 384 g/mol. The van der Waals surface area contributed by atoms with Crippen LogP contribution in [0.3, 0.4) is 0 Å². The molecule has 96 valence electrons. The van der Waals surface area contributed by atoms with Gasteiger partial charge in [0.15, 0.2) is 0 Å². The van der Waals surface area contributed by atoms with Crippen LogP contribution in [-0.2, 0) is 0 Å². The van der Waals surface area contributed by atoms with Crippen LogP contribution in [0.25, 0.3) is 11.1 Å². The number of phenolic OH excluding ortho intramolecular Hbond substituents is 1. The van der Waals surface area contributed by atoms with Crippen molar-refractivity contribution in [1.82, 2.24) is 4.98 Å². The van der Waals surface area contributed by atoms with Crippen LogP contribution in [0.4, 0.5) is 0 Å². The first-order valence-corrected chi connectivity index (χ1v) is 6.85. The molecule has 0 atom stereocenters. The zero-order chi connectivity index (χ0) is 14.2. The number of aromatic hydroxyl groups is 1. The van der Waals surface area contributed by atoms with E-state index in [0.717, 1.165) is 0 Å². The molecule has 0 unspecified atom stereocenters. The molecule has 0 bridgehead atoms. The molecule has 1 aromatic heterocycles. The van der Waals surface area contributed by atoms with E-state index in [0.29, 0.717) is 25.8 Å². The van der Waals surface area contributed by atoms with E-state index in [1.165, 1.54) is 6.07 Å². The summed E-state index contributed by atoms with van der Waals surface area (Å²) in [7, 11) is 0. The summed E-state index contributed by atoms with van der Waals surface area (Å²) >= 11 is 6.57. The fraction of sp³-hybridized carbons (Fsp3) is 0.0769. The zero-order valence-corrected chi connectivity index (χ0v) is 13.0. The minimum Gasteiger partial charge on any atom is -0.507 e. The first kappa shape index (κ1) is 13.8. The molecule has 0 spiro atoms. The molecule has 19 heavy (non-hydrogen) atoms. The molecule has 0 saturated carbocycles. The summed E-state index contributed by atoms with van der Waals surface area (Å²) in [6.45, 7) is 1.73. The van der Waals surface area contributed by atoms with Gasteiger partial charge in [0, 0.05) is 21.3 Å². The Morgan fingerprint density at radius 2 is 1.89 bits per heavy atom. The van der Waals surface area contributed by atoms with Gasteiger partial charge in [-0.15, -0.1) is 0 Å². The van der Waals surface area contributed by atoms with E-state index in [1.54, 1.807) is 19.1 Å². The van der Waals surface area contributed by atoms with E-state index in [1.807, 2.05) is 6.07 Å². The van der Waals surface area contributed by atoms with Gasteiger partial charge in [0.05, 0.1) is 4.47 Å². The predicted molar refractivity (Wildman–Crippen MR) is 79.0 cm³/mol. The van der Waals surface area contributed by atoms with Crippen LogP contribution in [0, 0.1) is 18.3 Å². The van der Waals surface area contributed by atoms with Crippen molar-refractivity contribution >= 4 is 31.9 Å². The van der Waals surface area contributed by atoms with Crippen molar-refractivity contribution in [2.24, 2.45) is 0 Å². The quantitative estimate of drug-likeness (QED) is 0.791. The van der Waals surface area contributed by atoms with E-state index < -0.39 is 5.56 Å². The maximum atomic E-state index is 11.8. The number of H-pyrrole nitrogens is 1. The topological polar surface area (TPSA) is 76.9 Å². The van der Waals surface area contributed by atoms with Gasteiger partial charge in [-0.2, -0.15) is 5.26 Å². The standard InChI is InChI=1S/C13H8Br2N2O2/c1-6-2-7(9(5-16)13(19)17-6)8-3-12(18)11(15)4-10(8)14/h2-4,18H,1H3,(H,17,19). The van der Waals surface area contributed by atoms with Crippen LogP contribution in [0.2, 0.25) is 0 Å². The first-order chi connectivity index (χ1) is 8.93. The number of rotatable bonds is 1. The Morgan fingerprint density at radius 1 is 1.21 bits per heavy atom. The van der Waals surface area contributed by atoms with E-state index in [4.69, 9.17) is 5.26 Å². The van der Waals surface area contributed by atoms with Gasteiger partial charge in [0.2, 0.25) is 0 Å². The average Bonchev–Trinajstić information content (AvgIpc) is 2.33. The molecule has 6 heteroatoms. The van der Waals surface area contributed by atoms with Crippen LogP contribution < -0.4 is 5.56 Å². The second kappa shape index (κ2) is 5.19. The number of hydrogen-bond acceptors (Lipinski definition) is 3. The van der Waals surface area contributed by atoms with Gasteiger partial charge in [0.25, 0.3) is 5.56 Å². The van der Waals surface area contributed by atoms with Crippen LogP contribution in [0.5, 0.6) is 5.75 Å². The highest BCUT2D eigenvalue weighted by Gasteiger charge is 2.14. The number of aromatic nitrogens is 1. The Kier molecular flexibility index (Phi) is 3.78. The molecule has 0 aliphatic heterocycles. The summed E-state index contributed by atoms with van der Waals surface area (Å²) in [6, 6.07) is 6.77. The summed E-state index contributed by atoms with van der Waals surface area (Å²) in [6.07, 6.45) is 0. The lowest BCUT2D eigenvalue weighted by Gasteiger charge is -2.09. The SMILES string of the molecule is Cc1cc(-c2cc(O)c(Br)cc2Br)c(C#N)c(=O)[nH]1. The smallest absolute Gasteiger partial charge is 0.266 e. The number of hydrogen-bond donors (Lipinski definition) is 2. The number of halogens is 2. The first-order valence-electron chi connectivity index (χ1n) is 5.26. The molecule has 0 saturated heterocycles. The van der Waals surface area contributed by atoms with Gasteiger partial charge in [-0.3, -0.25) is 4.79 Å². The Hall–Kier alpha value is -1.58. The summed E-state index contributed by atoms with van der Waals surface area (Å²) in [5, 5.41) is 18.9. The van der Waals surface area contributed by atoms with Crippen molar-refractivity contribution in [2.75, 3.05) is 0 Å². The molecule has 1 heterocycles. The summed E-state index contributed by atoms with van der Waals surface area (Å²) in [5.41, 5.74) is 1.30. The minimum atomic E-state index is -0.438. The van der Waals surface area contributed by atoms with Crippen LogP contribution in [-0.4, -0.2) is 10.1 Å². The van der Waals surface area contributed by atoms with Gasteiger partial charge in [-0.25, -0.2) is 0 Å². The maximum absolute atomic E-state index is 11.8.